The summed E-state index contributed by atoms with van der Waals surface area (Å²) in [6, 6.07) is 11.5. The number of hydrogen-bond donors (Lipinski definition) is 0. The van der Waals surface area contributed by atoms with E-state index in [4.69, 9.17) is 9.47 Å². The first-order valence-corrected chi connectivity index (χ1v) is 15.1. The number of benzene rings is 2. The summed E-state index contributed by atoms with van der Waals surface area (Å²) >= 11 is 0. The number of hydrogen-bond acceptors (Lipinski definition) is 4. The smallest absolute Gasteiger partial charge is 0.127 e. The standard InChI is InChI=1S/C26H40O4P2/c1-17(2)31(27,18(3)4)23-15-11-13-21(29-9)25(23)26-22(30-10)14-12-16-24(26)32(28,19(5)6)20(7)8/h11-20H,1-10H3. The van der Waals surface area contributed by atoms with Crippen molar-refractivity contribution >= 4 is 24.9 Å². The molecule has 0 heterocycles. The molecule has 0 bridgehead atoms. The minimum Gasteiger partial charge on any atom is -0.496 e. The molecule has 2 rings (SSSR count). The lowest BCUT2D eigenvalue weighted by Crippen LogP contribution is -2.26. The van der Waals surface area contributed by atoms with Gasteiger partial charge in [0.25, 0.3) is 0 Å². The minimum atomic E-state index is -2.83. The maximum atomic E-state index is 14.5. The van der Waals surface area contributed by atoms with E-state index in [2.05, 4.69) is 0 Å². The Hall–Kier alpha value is -1.50. The first-order valence-electron chi connectivity index (χ1n) is 11.4. The molecular weight excluding hydrogens is 438 g/mol. The van der Waals surface area contributed by atoms with Crippen LogP contribution in [0.4, 0.5) is 0 Å². The van der Waals surface area contributed by atoms with Gasteiger partial charge in [0.2, 0.25) is 0 Å². The van der Waals surface area contributed by atoms with Gasteiger partial charge in [-0.25, -0.2) is 0 Å². The third-order valence-electron chi connectivity index (χ3n) is 6.52. The lowest BCUT2D eigenvalue weighted by Gasteiger charge is -2.33. The fourth-order valence-electron chi connectivity index (χ4n) is 4.77. The highest BCUT2D eigenvalue weighted by Gasteiger charge is 2.40. The van der Waals surface area contributed by atoms with Gasteiger partial charge in [-0.2, -0.15) is 0 Å². The van der Waals surface area contributed by atoms with E-state index < -0.39 is 14.3 Å². The minimum absolute atomic E-state index is 0.0477. The summed E-state index contributed by atoms with van der Waals surface area (Å²) in [5.74, 6) is 1.24. The predicted molar refractivity (Wildman–Crippen MR) is 140 cm³/mol. The molecule has 178 valence electrons. The van der Waals surface area contributed by atoms with E-state index >= 15 is 0 Å². The fourth-order valence-corrected chi connectivity index (χ4v) is 11.2. The van der Waals surface area contributed by atoms with Gasteiger partial charge in [-0.3, -0.25) is 0 Å². The molecule has 0 saturated carbocycles. The highest BCUT2D eigenvalue weighted by atomic mass is 31.2. The molecule has 0 aliphatic heterocycles. The summed E-state index contributed by atoms with van der Waals surface area (Å²) in [5.41, 5.74) is 1.30. The molecule has 0 aliphatic carbocycles. The summed E-state index contributed by atoms with van der Waals surface area (Å²) < 4.78 is 40.7. The summed E-state index contributed by atoms with van der Waals surface area (Å²) in [6.07, 6.45) is 0. The van der Waals surface area contributed by atoms with E-state index in [0.717, 1.165) is 21.7 Å². The van der Waals surface area contributed by atoms with Crippen LogP contribution in [0.25, 0.3) is 11.1 Å². The molecule has 0 saturated heterocycles. The Kier molecular flexibility index (Phi) is 8.52. The van der Waals surface area contributed by atoms with Crippen LogP contribution in [-0.2, 0) is 9.13 Å². The second kappa shape index (κ2) is 10.2. The molecule has 0 amide bonds. The Balaban J connectivity index is 3.16. The first kappa shape index (κ1) is 26.7. The SMILES string of the molecule is COc1cccc(P(=O)(C(C)C)C(C)C)c1-c1c(OC)cccc1P(=O)(C(C)C)C(C)C. The lowest BCUT2D eigenvalue weighted by molar-refractivity contribution is 0.410. The highest BCUT2D eigenvalue weighted by molar-refractivity contribution is 7.73. The van der Waals surface area contributed by atoms with Crippen molar-refractivity contribution < 1.29 is 18.6 Å². The zero-order chi connectivity index (χ0) is 24.4. The second-order valence-electron chi connectivity index (χ2n) is 9.50. The summed E-state index contributed by atoms with van der Waals surface area (Å²) in [6.45, 7) is 16.1. The first-order chi connectivity index (χ1) is 14.9. The molecule has 0 radical (unpaired) electrons. The maximum Gasteiger partial charge on any atom is 0.127 e. The monoisotopic (exact) mass is 478 g/mol. The van der Waals surface area contributed by atoms with Gasteiger partial charge in [0.05, 0.1) is 14.2 Å². The van der Waals surface area contributed by atoms with Crippen molar-refractivity contribution in [2.75, 3.05) is 14.2 Å². The van der Waals surface area contributed by atoms with Crippen LogP contribution < -0.4 is 20.1 Å². The Bertz CT molecular complexity index is 931. The largest absolute Gasteiger partial charge is 0.496 e. The van der Waals surface area contributed by atoms with E-state index in [-0.39, 0.29) is 22.6 Å². The van der Waals surface area contributed by atoms with Crippen molar-refractivity contribution in [3.05, 3.63) is 36.4 Å². The van der Waals surface area contributed by atoms with Crippen LogP contribution in [0.2, 0.25) is 0 Å². The molecule has 4 nitrogen and oxygen atoms in total. The van der Waals surface area contributed by atoms with Gasteiger partial charge in [-0.05, 0) is 12.1 Å². The van der Waals surface area contributed by atoms with Gasteiger partial charge < -0.3 is 18.6 Å². The quantitative estimate of drug-likeness (QED) is 0.365. The zero-order valence-corrected chi connectivity index (χ0v) is 23.1. The third kappa shape index (κ3) is 4.34. The normalized spacial score (nSPS) is 12.8. The molecule has 6 heteroatoms. The fraction of sp³-hybridized carbons (Fsp3) is 0.538. The van der Waals surface area contributed by atoms with Crippen LogP contribution in [0.15, 0.2) is 36.4 Å². The Morgan fingerprint density at radius 1 is 0.562 bits per heavy atom. The van der Waals surface area contributed by atoms with Crippen LogP contribution in [0.3, 0.4) is 0 Å². The summed E-state index contributed by atoms with van der Waals surface area (Å²) in [5, 5.41) is 1.54. The molecule has 0 unspecified atom stereocenters. The molecular formula is C26H40O4P2. The molecule has 32 heavy (non-hydrogen) atoms. The van der Waals surface area contributed by atoms with Crippen molar-refractivity contribution in [1.29, 1.82) is 0 Å². The van der Waals surface area contributed by atoms with Crippen LogP contribution >= 0.6 is 14.3 Å². The van der Waals surface area contributed by atoms with Gasteiger partial charge in [0.15, 0.2) is 0 Å². The molecule has 2 aromatic carbocycles. The maximum absolute atomic E-state index is 14.5. The summed E-state index contributed by atoms with van der Waals surface area (Å²) in [4.78, 5) is 0. The Morgan fingerprint density at radius 2 is 0.844 bits per heavy atom. The topological polar surface area (TPSA) is 52.6 Å². The van der Waals surface area contributed by atoms with Crippen molar-refractivity contribution in [1.82, 2.24) is 0 Å². The summed E-state index contributed by atoms with van der Waals surface area (Å²) in [7, 11) is -2.42. The lowest BCUT2D eigenvalue weighted by atomic mass is 10.0. The molecule has 0 spiro atoms. The Labute approximate surface area is 194 Å². The van der Waals surface area contributed by atoms with E-state index in [1.54, 1.807) is 14.2 Å². The van der Waals surface area contributed by atoms with Gasteiger partial charge in [0.1, 0.15) is 25.8 Å². The number of rotatable bonds is 9. The van der Waals surface area contributed by atoms with Crippen LogP contribution in [0.1, 0.15) is 55.4 Å². The van der Waals surface area contributed by atoms with E-state index in [0.29, 0.717) is 11.5 Å². The molecule has 2 aromatic rings. The van der Waals surface area contributed by atoms with Crippen LogP contribution in [0.5, 0.6) is 11.5 Å². The van der Waals surface area contributed by atoms with Crippen molar-refractivity contribution in [3.8, 4) is 22.6 Å². The Morgan fingerprint density at radius 3 is 1.06 bits per heavy atom. The van der Waals surface area contributed by atoms with Crippen molar-refractivity contribution in [3.63, 3.8) is 0 Å². The van der Waals surface area contributed by atoms with Gasteiger partial charge in [-0.1, -0.05) is 79.7 Å². The van der Waals surface area contributed by atoms with Crippen LogP contribution in [-0.4, -0.2) is 36.9 Å². The molecule has 0 atom stereocenters. The number of ether oxygens (including phenoxy) is 2. The van der Waals surface area contributed by atoms with Gasteiger partial charge in [0, 0.05) is 44.4 Å². The molecule has 0 aromatic heterocycles. The second-order valence-corrected chi connectivity index (χ2v) is 17.4. The third-order valence-corrected chi connectivity index (χ3v) is 14.9. The van der Waals surface area contributed by atoms with Crippen molar-refractivity contribution in [2.24, 2.45) is 0 Å². The van der Waals surface area contributed by atoms with E-state index in [1.807, 2.05) is 91.8 Å². The van der Waals surface area contributed by atoms with Crippen LogP contribution in [0, 0.1) is 0 Å². The highest BCUT2D eigenvalue weighted by Crippen LogP contribution is 2.60. The molecule has 0 N–H and O–H groups in total. The average molecular weight is 479 g/mol. The number of methoxy groups -OCH3 is 2. The zero-order valence-electron chi connectivity index (χ0n) is 21.3. The molecule has 0 aliphatic rings. The van der Waals surface area contributed by atoms with E-state index in [1.165, 1.54) is 0 Å². The van der Waals surface area contributed by atoms with Crippen molar-refractivity contribution in [2.45, 2.75) is 78.0 Å². The van der Waals surface area contributed by atoms with Gasteiger partial charge in [-0.15, -0.1) is 0 Å². The predicted octanol–water partition coefficient (Wildman–Crippen LogP) is 6.98. The average Bonchev–Trinajstić information content (AvgIpc) is 2.75. The van der Waals surface area contributed by atoms with Gasteiger partial charge >= 0.3 is 0 Å². The van der Waals surface area contributed by atoms with E-state index in [9.17, 15) is 9.13 Å². The molecule has 0 fully saturated rings.